The zero-order valence-electron chi connectivity index (χ0n) is 23.5. The predicted octanol–water partition coefficient (Wildman–Crippen LogP) is 6.06. The highest BCUT2D eigenvalue weighted by atomic mass is 19.4. The molecule has 0 radical (unpaired) electrons. The van der Waals surface area contributed by atoms with Crippen LogP contribution >= 0.6 is 0 Å². The van der Waals surface area contributed by atoms with E-state index >= 15 is 0 Å². The highest BCUT2D eigenvalue weighted by Gasteiger charge is 2.35. The number of nitrogens with zero attached hydrogens (tertiary/aromatic N) is 1. The van der Waals surface area contributed by atoms with Gasteiger partial charge in [0.05, 0.1) is 0 Å². The number of carbonyl (C=O) groups excluding carboxylic acids is 3. The van der Waals surface area contributed by atoms with E-state index in [1.807, 2.05) is 13.8 Å². The lowest BCUT2D eigenvalue weighted by Gasteiger charge is -2.31. The van der Waals surface area contributed by atoms with E-state index < -0.39 is 47.9 Å². The van der Waals surface area contributed by atoms with Gasteiger partial charge in [0.15, 0.2) is 0 Å². The lowest BCUT2D eigenvalue weighted by atomic mass is 10.0. The zero-order valence-corrected chi connectivity index (χ0v) is 23.5. The Morgan fingerprint density at radius 1 is 0.875 bits per heavy atom. The van der Waals surface area contributed by atoms with Crippen molar-refractivity contribution < 1.29 is 46.5 Å². The average Bonchev–Trinajstić information content (AvgIpc) is 2.84. The van der Waals surface area contributed by atoms with Crippen molar-refractivity contribution in [3.8, 4) is 5.75 Å². The van der Waals surface area contributed by atoms with Gasteiger partial charge in [-0.2, -0.15) is 0 Å². The molecule has 11 heteroatoms. The number of alkyl halides is 3. The largest absolute Gasteiger partial charge is 0.573 e. The summed E-state index contributed by atoms with van der Waals surface area (Å²) in [6.07, 6.45) is -6.99. The first-order chi connectivity index (χ1) is 18.5. The number of ether oxygens (including phenoxy) is 4. The molecule has 0 aliphatic carbocycles. The van der Waals surface area contributed by atoms with Crippen LogP contribution in [0.1, 0.15) is 52.2 Å². The van der Waals surface area contributed by atoms with Gasteiger partial charge in [-0.3, -0.25) is 4.90 Å². The van der Waals surface area contributed by atoms with Gasteiger partial charge in [0, 0.05) is 13.5 Å². The van der Waals surface area contributed by atoms with Crippen molar-refractivity contribution in [2.75, 3.05) is 7.05 Å². The minimum absolute atomic E-state index is 0.0212. The van der Waals surface area contributed by atoms with Crippen LogP contribution in [-0.4, -0.2) is 54.1 Å². The van der Waals surface area contributed by atoms with Crippen molar-refractivity contribution in [1.82, 2.24) is 4.90 Å². The Labute approximate surface area is 232 Å². The monoisotopic (exact) mass is 567 g/mol. The molecule has 220 valence electrons. The van der Waals surface area contributed by atoms with Gasteiger partial charge in [-0.15, -0.1) is 13.2 Å². The summed E-state index contributed by atoms with van der Waals surface area (Å²) in [5, 5.41) is 0. The lowest BCUT2D eigenvalue weighted by molar-refractivity contribution is -0.274. The molecule has 1 amide bonds. The average molecular weight is 568 g/mol. The summed E-state index contributed by atoms with van der Waals surface area (Å²) in [5.41, 5.74) is 0.297. The lowest BCUT2D eigenvalue weighted by Crippen LogP contribution is -2.47. The highest BCUT2D eigenvalue weighted by Crippen LogP contribution is 2.24. The van der Waals surface area contributed by atoms with Crippen molar-refractivity contribution >= 4 is 18.0 Å². The molecule has 0 N–H and O–H groups in total. The maximum Gasteiger partial charge on any atom is 0.573 e. The maximum atomic E-state index is 13.4. The van der Waals surface area contributed by atoms with E-state index in [0.717, 1.165) is 17.0 Å². The molecule has 0 bridgehead atoms. The number of esters is 2. The Morgan fingerprint density at radius 2 is 1.48 bits per heavy atom. The van der Waals surface area contributed by atoms with Crippen LogP contribution in [0.2, 0.25) is 0 Å². The fourth-order valence-electron chi connectivity index (χ4n) is 3.57. The molecule has 2 rings (SSSR count). The van der Waals surface area contributed by atoms with Crippen molar-refractivity contribution in [2.45, 2.75) is 78.2 Å². The van der Waals surface area contributed by atoms with Crippen molar-refractivity contribution in [3.05, 3.63) is 65.7 Å². The SMILES string of the molecule is CC(C)C[C@@H](C(=O)O[C@H](Cc1ccc(OC(F)(F)F)cc1)C(=O)OCc1ccccc1)N(C)C(=O)OC(C)(C)C. The van der Waals surface area contributed by atoms with Gasteiger partial charge >= 0.3 is 24.4 Å². The second-order valence-electron chi connectivity index (χ2n) is 10.7. The number of hydrogen-bond acceptors (Lipinski definition) is 7. The summed E-state index contributed by atoms with van der Waals surface area (Å²) < 4.78 is 57.9. The van der Waals surface area contributed by atoms with Crippen molar-refractivity contribution in [2.24, 2.45) is 5.92 Å². The topological polar surface area (TPSA) is 91.4 Å². The van der Waals surface area contributed by atoms with Crippen LogP contribution in [0.15, 0.2) is 54.6 Å². The fraction of sp³-hybridized carbons (Fsp3) is 0.483. The van der Waals surface area contributed by atoms with Gasteiger partial charge in [0.1, 0.15) is 24.0 Å². The molecular weight excluding hydrogens is 531 g/mol. The Balaban J connectivity index is 2.26. The molecule has 0 aliphatic rings. The van der Waals surface area contributed by atoms with E-state index in [1.165, 1.54) is 19.2 Å². The molecule has 0 saturated carbocycles. The first-order valence-electron chi connectivity index (χ1n) is 12.8. The number of halogens is 3. The number of carbonyl (C=O) groups is 3. The zero-order chi connectivity index (χ0) is 30.1. The van der Waals surface area contributed by atoms with Gasteiger partial charge in [0.2, 0.25) is 6.10 Å². The van der Waals surface area contributed by atoms with Gasteiger partial charge in [-0.25, -0.2) is 14.4 Å². The minimum atomic E-state index is -4.85. The van der Waals surface area contributed by atoms with Gasteiger partial charge in [0.25, 0.3) is 0 Å². The summed E-state index contributed by atoms with van der Waals surface area (Å²) >= 11 is 0. The number of rotatable bonds is 11. The maximum absolute atomic E-state index is 13.4. The number of hydrogen-bond donors (Lipinski definition) is 0. The van der Waals surface area contributed by atoms with E-state index in [4.69, 9.17) is 14.2 Å². The molecule has 2 aromatic carbocycles. The number of amides is 1. The molecule has 0 saturated heterocycles. The number of benzene rings is 2. The van der Waals surface area contributed by atoms with Crippen LogP contribution in [0, 0.1) is 5.92 Å². The smallest absolute Gasteiger partial charge is 0.458 e. The molecule has 0 heterocycles. The molecule has 8 nitrogen and oxygen atoms in total. The van der Waals surface area contributed by atoms with Crippen molar-refractivity contribution in [1.29, 1.82) is 0 Å². The highest BCUT2D eigenvalue weighted by molar-refractivity contribution is 5.84. The Morgan fingerprint density at radius 3 is 2.00 bits per heavy atom. The third-order valence-corrected chi connectivity index (χ3v) is 5.44. The van der Waals surface area contributed by atoms with Crippen LogP contribution < -0.4 is 4.74 Å². The van der Waals surface area contributed by atoms with Crippen LogP contribution in [0.25, 0.3) is 0 Å². The van der Waals surface area contributed by atoms with E-state index in [1.54, 1.807) is 51.1 Å². The van der Waals surface area contributed by atoms with Gasteiger partial charge < -0.3 is 18.9 Å². The second kappa shape index (κ2) is 14.0. The fourth-order valence-corrected chi connectivity index (χ4v) is 3.57. The summed E-state index contributed by atoms with van der Waals surface area (Å²) in [6.45, 7) is 8.72. The summed E-state index contributed by atoms with van der Waals surface area (Å²) in [4.78, 5) is 40.3. The molecule has 2 atom stereocenters. The third kappa shape index (κ3) is 11.5. The first-order valence-corrected chi connectivity index (χ1v) is 12.8. The van der Waals surface area contributed by atoms with E-state index in [0.29, 0.717) is 11.1 Å². The number of likely N-dealkylation sites (N-methyl/N-ethyl adjacent to an activating group) is 1. The van der Waals surface area contributed by atoms with E-state index in [2.05, 4.69) is 4.74 Å². The second-order valence-corrected chi connectivity index (χ2v) is 10.7. The van der Waals surface area contributed by atoms with Crippen LogP contribution in [-0.2, 0) is 36.8 Å². The molecule has 0 unspecified atom stereocenters. The Hall–Kier alpha value is -3.76. The van der Waals surface area contributed by atoms with Gasteiger partial charge in [-0.05, 0) is 56.4 Å². The van der Waals surface area contributed by atoms with E-state index in [-0.39, 0.29) is 25.4 Å². The van der Waals surface area contributed by atoms with Crippen molar-refractivity contribution in [3.63, 3.8) is 0 Å². The summed E-state index contributed by atoms with van der Waals surface area (Å²) in [6, 6.07) is 12.6. The third-order valence-electron chi connectivity index (χ3n) is 5.44. The standard InChI is InChI=1S/C29H36F3NO7/c1-19(2)16-23(33(6)27(36)40-28(3,4)5)25(34)38-24(26(35)37-18-21-10-8-7-9-11-21)17-20-12-14-22(15-13-20)39-29(30,31)32/h7-15,19,23-24H,16-18H2,1-6H3/t23-,24+/m0/s1. The van der Waals surface area contributed by atoms with Crippen LogP contribution in [0.4, 0.5) is 18.0 Å². The van der Waals surface area contributed by atoms with Crippen LogP contribution in [0.5, 0.6) is 5.75 Å². The van der Waals surface area contributed by atoms with Gasteiger partial charge in [-0.1, -0.05) is 56.3 Å². The summed E-state index contributed by atoms with van der Waals surface area (Å²) in [7, 11) is 1.41. The molecule has 0 aliphatic heterocycles. The molecule has 2 aromatic rings. The Kier molecular flexibility index (Phi) is 11.4. The molecule has 0 fully saturated rings. The normalized spacial score (nSPS) is 13.2. The molecule has 40 heavy (non-hydrogen) atoms. The predicted molar refractivity (Wildman–Crippen MR) is 140 cm³/mol. The summed E-state index contributed by atoms with van der Waals surface area (Å²) in [5.74, 6) is -2.16. The molecule has 0 aromatic heterocycles. The quantitative estimate of drug-likeness (QED) is 0.241. The molecule has 0 spiro atoms. The van der Waals surface area contributed by atoms with E-state index in [9.17, 15) is 27.6 Å². The van der Waals surface area contributed by atoms with Crippen LogP contribution in [0.3, 0.4) is 0 Å². The Bertz CT molecular complexity index is 1110. The molecular formula is C29H36F3NO7. The first kappa shape index (κ1) is 32.5. The minimum Gasteiger partial charge on any atom is -0.458 e.